The minimum absolute atomic E-state index is 0.0529. The number of nitrogens with one attached hydrogen (secondary N) is 1. The van der Waals surface area contributed by atoms with Crippen molar-refractivity contribution in [3.8, 4) is 0 Å². The smallest absolute Gasteiger partial charge is 0.269 e. The zero-order valence-electron chi connectivity index (χ0n) is 14.9. The molecule has 1 aliphatic carbocycles. The second kappa shape index (κ2) is 7.99. The largest absolute Gasteiger partial charge is 0.368 e. The van der Waals surface area contributed by atoms with Gasteiger partial charge in [0.05, 0.1) is 6.10 Å². The Labute approximate surface area is 148 Å². The third-order valence-corrected chi connectivity index (χ3v) is 5.52. The molecule has 3 unspecified atom stereocenters. The van der Waals surface area contributed by atoms with Crippen LogP contribution in [-0.2, 0) is 9.53 Å². The van der Waals surface area contributed by atoms with E-state index >= 15 is 0 Å². The second-order valence-corrected chi connectivity index (χ2v) is 7.36. The van der Waals surface area contributed by atoms with Gasteiger partial charge in [0.2, 0.25) is 5.91 Å². The number of H-pyrrole nitrogens is 1. The van der Waals surface area contributed by atoms with E-state index in [1.54, 1.807) is 6.07 Å². The Morgan fingerprint density at radius 2 is 2.12 bits per heavy atom. The zero-order valence-corrected chi connectivity index (χ0v) is 14.9. The predicted octanol–water partition coefficient (Wildman–Crippen LogP) is 1.81. The van der Waals surface area contributed by atoms with Crippen LogP contribution >= 0.6 is 0 Å². The van der Waals surface area contributed by atoms with Gasteiger partial charge in [-0.1, -0.05) is 19.8 Å². The van der Waals surface area contributed by atoms with Gasteiger partial charge in [0.15, 0.2) is 0 Å². The molecule has 3 rings (SSSR count). The van der Waals surface area contributed by atoms with Crippen LogP contribution in [0.5, 0.6) is 0 Å². The maximum atomic E-state index is 12.5. The summed E-state index contributed by atoms with van der Waals surface area (Å²) in [6.07, 6.45) is 6.81. The predicted molar refractivity (Wildman–Crippen MR) is 93.0 cm³/mol. The Morgan fingerprint density at radius 3 is 2.84 bits per heavy atom. The summed E-state index contributed by atoms with van der Waals surface area (Å²) >= 11 is 0. The molecule has 0 radical (unpaired) electrons. The molecule has 3 N–H and O–H groups in total. The van der Waals surface area contributed by atoms with Crippen molar-refractivity contribution in [2.45, 2.75) is 57.5 Å². The van der Waals surface area contributed by atoms with Gasteiger partial charge in [-0.05, 0) is 37.7 Å². The Morgan fingerprint density at radius 1 is 1.32 bits per heavy atom. The standard InChI is InChI=1S/C18H28N4O3/c1-12-5-2-3-7-16(12)25-11-17(23)22-8-4-6-13(10-22)14-9-15(18(19)24)21-20-14/h9,12-13,16H,2-8,10-11H2,1H3,(H2,19,24)(H,20,21). The molecule has 2 fully saturated rings. The number of nitrogens with zero attached hydrogens (tertiary/aromatic N) is 2. The van der Waals surface area contributed by atoms with E-state index in [1.165, 1.54) is 19.3 Å². The van der Waals surface area contributed by atoms with Crippen molar-refractivity contribution in [2.75, 3.05) is 19.7 Å². The summed E-state index contributed by atoms with van der Waals surface area (Å²) in [4.78, 5) is 25.6. The monoisotopic (exact) mass is 348 g/mol. The van der Waals surface area contributed by atoms with Crippen molar-refractivity contribution < 1.29 is 14.3 Å². The number of hydrogen-bond donors (Lipinski definition) is 2. The molecule has 7 nitrogen and oxygen atoms in total. The fourth-order valence-electron chi connectivity index (χ4n) is 3.93. The maximum Gasteiger partial charge on any atom is 0.269 e. The second-order valence-electron chi connectivity index (χ2n) is 7.36. The van der Waals surface area contributed by atoms with Crippen LogP contribution in [0, 0.1) is 5.92 Å². The van der Waals surface area contributed by atoms with Crippen molar-refractivity contribution in [3.05, 3.63) is 17.5 Å². The van der Waals surface area contributed by atoms with E-state index in [0.29, 0.717) is 12.5 Å². The molecule has 0 bridgehead atoms. The molecule has 3 atom stereocenters. The molecule has 1 aliphatic heterocycles. The zero-order chi connectivity index (χ0) is 17.8. The Balaban J connectivity index is 1.53. The SMILES string of the molecule is CC1CCCCC1OCC(=O)N1CCCC(c2cc(C(N)=O)n[nH]2)C1. The number of aromatic amines is 1. The van der Waals surface area contributed by atoms with Gasteiger partial charge in [0.1, 0.15) is 12.3 Å². The fourth-order valence-corrected chi connectivity index (χ4v) is 3.93. The molecule has 2 heterocycles. The number of carbonyl (C=O) groups is 2. The normalized spacial score (nSPS) is 27.2. The summed E-state index contributed by atoms with van der Waals surface area (Å²) < 4.78 is 5.91. The van der Waals surface area contributed by atoms with Gasteiger partial charge < -0.3 is 15.4 Å². The Kier molecular flexibility index (Phi) is 5.73. The van der Waals surface area contributed by atoms with E-state index in [9.17, 15) is 9.59 Å². The highest BCUT2D eigenvalue weighted by Gasteiger charge is 2.28. The quantitative estimate of drug-likeness (QED) is 0.847. The third kappa shape index (κ3) is 4.39. The molecule has 2 amide bonds. The van der Waals surface area contributed by atoms with Gasteiger partial charge in [0.25, 0.3) is 5.91 Å². The number of primary amides is 1. The van der Waals surface area contributed by atoms with Crippen molar-refractivity contribution in [1.82, 2.24) is 15.1 Å². The van der Waals surface area contributed by atoms with E-state index in [2.05, 4.69) is 17.1 Å². The lowest BCUT2D eigenvalue weighted by atomic mass is 9.88. The number of likely N-dealkylation sites (tertiary alicyclic amines) is 1. The molecule has 138 valence electrons. The van der Waals surface area contributed by atoms with E-state index in [1.807, 2.05) is 4.90 Å². The molecular formula is C18H28N4O3. The van der Waals surface area contributed by atoms with Crippen LogP contribution in [-0.4, -0.2) is 52.7 Å². The lowest BCUT2D eigenvalue weighted by Crippen LogP contribution is -2.42. The first-order chi connectivity index (χ1) is 12.0. The van der Waals surface area contributed by atoms with Gasteiger partial charge in [-0.3, -0.25) is 14.7 Å². The van der Waals surface area contributed by atoms with E-state index in [0.717, 1.165) is 31.5 Å². The number of piperidine rings is 1. The van der Waals surface area contributed by atoms with Gasteiger partial charge in [-0.25, -0.2) is 0 Å². The highest BCUT2D eigenvalue weighted by Crippen LogP contribution is 2.28. The molecule has 1 saturated carbocycles. The third-order valence-electron chi connectivity index (χ3n) is 5.52. The molecule has 1 aromatic heterocycles. The molecule has 2 aliphatic rings. The van der Waals surface area contributed by atoms with Crippen LogP contribution in [0.1, 0.15) is 67.5 Å². The van der Waals surface area contributed by atoms with Gasteiger partial charge in [-0.15, -0.1) is 0 Å². The summed E-state index contributed by atoms with van der Waals surface area (Å²) in [6.45, 7) is 3.76. The first-order valence-electron chi connectivity index (χ1n) is 9.29. The van der Waals surface area contributed by atoms with Crippen LogP contribution in [0.2, 0.25) is 0 Å². The van der Waals surface area contributed by atoms with Crippen molar-refractivity contribution in [2.24, 2.45) is 11.7 Å². The number of aromatic nitrogens is 2. The Hall–Kier alpha value is -1.89. The lowest BCUT2D eigenvalue weighted by molar-refractivity contribution is -0.141. The first-order valence-corrected chi connectivity index (χ1v) is 9.29. The van der Waals surface area contributed by atoms with Crippen LogP contribution in [0.15, 0.2) is 6.07 Å². The first kappa shape index (κ1) is 17.9. The minimum Gasteiger partial charge on any atom is -0.368 e. The molecule has 1 saturated heterocycles. The number of ether oxygens (including phenoxy) is 1. The number of amides is 2. The average Bonchev–Trinajstić information content (AvgIpc) is 3.11. The van der Waals surface area contributed by atoms with Crippen LogP contribution in [0.3, 0.4) is 0 Å². The van der Waals surface area contributed by atoms with Gasteiger partial charge >= 0.3 is 0 Å². The lowest BCUT2D eigenvalue weighted by Gasteiger charge is -2.33. The van der Waals surface area contributed by atoms with Crippen molar-refractivity contribution >= 4 is 11.8 Å². The number of nitrogens with two attached hydrogens (primary N) is 1. The van der Waals surface area contributed by atoms with Crippen molar-refractivity contribution in [3.63, 3.8) is 0 Å². The van der Waals surface area contributed by atoms with E-state index < -0.39 is 5.91 Å². The van der Waals surface area contributed by atoms with E-state index in [-0.39, 0.29) is 30.2 Å². The molecule has 7 heteroatoms. The summed E-state index contributed by atoms with van der Waals surface area (Å²) in [5.74, 6) is 0.207. The molecule has 0 aromatic carbocycles. The summed E-state index contributed by atoms with van der Waals surface area (Å²) in [7, 11) is 0. The fraction of sp³-hybridized carbons (Fsp3) is 0.722. The molecular weight excluding hydrogens is 320 g/mol. The number of hydrogen-bond acceptors (Lipinski definition) is 4. The summed E-state index contributed by atoms with van der Waals surface area (Å²) in [6, 6.07) is 1.70. The van der Waals surface area contributed by atoms with Crippen molar-refractivity contribution in [1.29, 1.82) is 0 Å². The van der Waals surface area contributed by atoms with E-state index in [4.69, 9.17) is 10.5 Å². The summed E-state index contributed by atoms with van der Waals surface area (Å²) in [5.41, 5.74) is 6.36. The topological polar surface area (TPSA) is 101 Å². The average molecular weight is 348 g/mol. The number of carbonyl (C=O) groups excluding carboxylic acids is 2. The molecule has 0 spiro atoms. The Bertz CT molecular complexity index is 615. The number of rotatable bonds is 5. The van der Waals surface area contributed by atoms with Crippen LogP contribution < -0.4 is 5.73 Å². The highest BCUT2D eigenvalue weighted by atomic mass is 16.5. The minimum atomic E-state index is -0.541. The molecule has 1 aromatic rings. The van der Waals surface area contributed by atoms with Gasteiger partial charge in [0, 0.05) is 24.7 Å². The van der Waals surface area contributed by atoms with Gasteiger partial charge in [-0.2, -0.15) is 5.10 Å². The molecule has 25 heavy (non-hydrogen) atoms. The van der Waals surface area contributed by atoms with Crippen LogP contribution in [0.4, 0.5) is 0 Å². The van der Waals surface area contributed by atoms with Crippen LogP contribution in [0.25, 0.3) is 0 Å². The summed E-state index contributed by atoms with van der Waals surface area (Å²) in [5, 5.41) is 6.82. The highest BCUT2D eigenvalue weighted by molar-refractivity contribution is 5.90. The maximum absolute atomic E-state index is 12.5.